The zero-order valence-electron chi connectivity index (χ0n) is 8.89. The molecular weight excluding hydrogens is 222 g/mol. The number of nitrogens with zero attached hydrogens (tertiary/aromatic N) is 1. The van der Waals surface area contributed by atoms with Crippen molar-refractivity contribution in [3.8, 4) is 0 Å². The van der Waals surface area contributed by atoms with Crippen molar-refractivity contribution >= 4 is 29.2 Å². The number of hydrogen-bond donors (Lipinski definition) is 0. The topological polar surface area (TPSA) is 3.24 Å². The third-order valence-corrected chi connectivity index (χ3v) is 4.59. The first-order valence-corrected chi connectivity index (χ1v) is 7.73. The Bertz CT molecular complexity index is 266. The summed E-state index contributed by atoms with van der Waals surface area (Å²) in [5.74, 6) is 4.89. The van der Waals surface area contributed by atoms with E-state index in [1.807, 2.05) is 0 Å². The summed E-state index contributed by atoms with van der Waals surface area (Å²) in [4.78, 5) is 2.47. The van der Waals surface area contributed by atoms with E-state index in [2.05, 4.69) is 58.8 Å². The van der Waals surface area contributed by atoms with Crippen LogP contribution in [0.25, 0.3) is 0 Å². The van der Waals surface area contributed by atoms with Crippen LogP contribution in [-0.4, -0.2) is 23.3 Å². The smallest absolute Gasteiger partial charge is 0.0648 e. The van der Waals surface area contributed by atoms with Crippen LogP contribution >= 0.6 is 23.5 Å². The van der Waals surface area contributed by atoms with Crippen LogP contribution in [0.4, 0.5) is 5.69 Å². The number of para-hydroxylation sites is 1. The van der Waals surface area contributed by atoms with E-state index in [1.54, 1.807) is 0 Å². The molecule has 0 spiro atoms. The molecule has 0 aliphatic carbocycles. The van der Waals surface area contributed by atoms with E-state index >= 15 is 0 Å². The fourth-order valence-electron chi connectivity index (χ4n) is 1.58. The molecule has 15 heavy (non-hydrogen) atoms. The lowest BCUT2D eigenvalue weighted by Crippen LogP contribution is -2.21. The molecule has 1 aromatic carbocycles. The standard InChI is InChI=1S/C12H17NS2/c1-2-6-12(7-3-1)13-10-14-8-4-5-9-15-11-13/h1-3,6-7H,4-5,8-11H2. The molecule has 0 aromatic heterocycles. The second kappa shape index (κ2) is 6.33. The van der Waals surface area contributed by atoms with Crippen molar-refractivity contribution in [1.29, 1.82) is 0 Å². The molecule has 1 aliphatic heterocycles. The van der Waals surface area contributed by atoms with Crippen LogP contribution in [-0.2, 0) is 0 Å². The highest BCUT2D eigenvalue weighted by Crippen LogP contribution is 2.22. The molecule has 3 heteroatoms. The van der Waals surface area contributed by atoms with Gasteiger partial charge in [0.25, 0.3) is 0 Å². The van der Waals surface area contributed by atoms with Crippen LogP contribution in [0.15, 0.2) is 30.3 Å². The van der Waals surface area contributed by atoms with Crippen molar-refractivity contribution in [2.45, 2.75) is 12.8 Å². The Labute approximate surface area is 101 Å². The lowest BCUT2D eigenvalue weighted by Gasteiger charge is -2.23. The third-order valence-electron chi connectivity index (χ3n) is 2.44. The van der Waals surface area contributed by atoms with Gasteiger partial charge in [0.05, 0.1) is 11.8 Å². The van der Waals surface area contributed by atoms with Gasteiger partial charge >= 0.3 is 0 Å². The van der Waals surface area contributed by atoms with Gasteiger partial charge in [0.15, 0.2) is 0 Å². The normalized spacial score (nSPS) is 19.1. The fourth-order valence-corrected chi connectivity index (χ4v) is 3.69. The SMILES string of the molecule is c1ccc(N2CSCCCCSC2)cc1. The Morgan fingerprint density at radius 1 is 0.867 bits per heavy atom. The molecule has 1 aromatic rings. The van der Waals surface area contributed by atoms with E-state index in [9.17, 15) is 0 Å². The summed E-state index contributed by atoms with van der Waals surface area (Å²) < 4.78 is 0. The Kier molecular flexibility index (Phi) is 4.74. The van der Waals surface area contributed by atoms with Crippen LogP contribution < -0.4 is 4.90 Å². The average molecular weight is 239 g/mol. The first-order valence-electron chi connectivity index (χ1n) is 5.42. The Balaban J connectivity index is 1.99. The van der Waals surface area contributed by atoms with Gasteiger partial charge in [-0.15, -0.1) is 23.5 Å². The summed E-state index contributed by atoms with van der Waals surface area (Å²) in [5.41, 5.74) is 1.36. The third kappa shape index (κ3) is 3.65. The van der Waals surface area contributed by atoms with Crippen molar-refractivity contribution in [3.63, 3.8) is 0 Å². The van der Waals surface area contributed by atoms with Gasteiger partial charge < -0.3 is 4.90 Å². The summed E-state index contributed by atoms with van der Waals surface area (Å²) in [6.45, 7) is 0. The summed E-state index contributed by atoms with van der Waals surface area (Å²) >= 11 is 4.12. The van der Waals surface area contributed by atoms with Gasteiger partial charge in [-0.2, -0.15) is 0 Å². The summed E-state index contributed by atoms with van der Waals surface area (Å²) in [7, 11) is 0. The van der Waals surface area contributed by atoms with Gasteiger partial charge in [0, 0.05) is 5.69 Å². The first kappa shape index (κ1) is 11.2. The zero-order valence-corrected chi connectivity index (χ0v) is 10.5. The van der Waals surface area contributed by atoms with E-state index in [-0.39, 0.29) is 0 Å². The van der Waals surface area contributed by atoms with Crippen LogP contribution in [0.5, 0.6) is 0 Å². The molecule has 2 rings (SSSR count). The van der Waals surface area contributed by atoms with Crippen molar-refractivity contribution in [2.24, 2.45) is 0 Å². The van der Waals surface area contributed by atoms with Crippen molar-refractivity contribution < 1.29 is 0 Å². The first-order chi connectivity index (χ1) is 7.47. The molecule has 82 valence electrons. The molecule has 0 amide bonds. The highest BCUT2D eigenvalue weighted by Gasteiger charge is 2.07. The Morgan fingerprint density at radius 3 is 2.07 bits per heavy atom. The van der Waals surface area contributed by atoms with Crippen LogP contribution in [0.1, 0.15) is 12.8 Å². The summed E-state index contributed by atoms with van der Waals surface area (Å²) in [6, 6.07) is 10.7. The second-order valence-corrected chi connectivity index (χ2v) is 5.81. The van der Waals surface area contributed by atoms with Gasteiger partial charge in [-0.3, -0.25) is 0 Å². The zero-order chi connectivity index (χ0) is 10.3. The molecular formula is C12H17NS2. The molecule has 0 N–H and O–H groups in total. The predicted molar refractivity (Wildman–Crippen MR) is 72.8 cm³/mol. The largest absolute Gasteiger partial charge is 0.353 e. The number of benzene rings is 1. The van der Waals surface area contributed by atoms with E-state index in [0.29, 0.717) is 0 Å². The van der Waals surface area contributed by atoms with E-state index in [1.165, 1.54) is 30.0 Å². The maximum absolute atomic E-state index is 2.47. The molecule has 0 bridgehead atoms. The van der Waals surface area contributed by atoms with Crippen molar-refractivity contribution in [1.82, 2.24) is 0 Å². The van der Waals surface area contributed by atoms with Gasteiger partial charge in [-0.05, 0) is 36.5 Å². The van der Waals surface area contributed by atoms with Gasteiger partial charge in [-0.25, -0.2) is 0 Å². The lowest BCUT2D eigenvalue weighted by atomic mass is 10.3. The number of rotatable bonds is 1. The Morgan fingerprint density at radius 2 is 1.47 bits per heavy atom. The Hall–Kier alpha value is -0.280. The quantitative estimate of drug-likeness (QED) is 0.736. The molecule has 0 unspecified atom stereocenters. The molecule has 0 saturated carbocycles. The maximum atomic E-state index is 2.47. The fraction of sp³-hybridized carbons (Fsp3) is 0.500. The highest BCUT2D eigenvalue weighted by atomic mass is 32.2. The van der Waals surface area contributed by atoms with Crippen LogP contribution in [0.2, 0.25) is 0 Å². The minimum absolute atomic E-state index is 1.14. The lowest BCUT2D eigenvalue weighted by molar-refractivity contribution is 0.909. The predicted octanol–water partition coefficient (Wildman–Crippen LogP) is 3.67. The minimum Gasteiger partial charge on any atom is -0.353 e. The monoisotopic (exact) mass is 239 g/mol. The molecule has 1 heterocycles. The van der Waals surface area contributed by atoms with Gasteiger partial charge in [0.1, 0.15) is 0 Å². The highest BCUT2D eigenvalue weighted by molar-refractivity contribution is 8.00. The van der Waals surface area contributed by atoms with Crippen molar-refractivity contribution in [2.75, 3.05) is 28.2 Å². The maximum Gasteiger partial charge on any atom is 0.0648 e. The van der Waals surface area contributed by atoms with E-state index in [4.69, 9.17) is 0 Å². The number of hydrogen-bond acceptors (Lipinski definition) is 3. The second-order valence-electron chi connectivity index (χ2n) is 3.66. The van der Waals surface area contributed by atoms with Gasteiger partial charge in [0.2, 0.25) is 0 Å². The summed E-state index contributed by atoms with van der Waals surface area (Å²) in [6.07, 6.45) is 2.75. The summed E-state index contributed by atoms with van der Waals surface area (Å²) in [5, 5.41) is 0. The average Bonchev–Trinajstić information content (AvgIpc) is 2.43. The van der Waals surface area contributed by atoms with E-state index < -0.39 is 0 Å². The van der Waals surface area contributed by atoms with Crippen LogP contribution in [0.3, 0.4) is 0 Å². The minimum atomic E-state index is 1.14. The molecule has 1 aliphatic rings. The number of anilines is 1. The molecule has 0 atom stereocenters. The van der Waals surface area contributed by atoms with Crippen LogP contribution in [0, 0.1) is 0 Å². The van der Waals surface area contributed by atoms with Crippen molar-refractivity contribution in [3.05, 3.63) is 30.3 Å². The molecule has 1 saturated heterocycles. The van der Waals surface area contributed by atoms with E-state index in [0.717, 1.165) is 11.8 Å². The molecule has 1 nitrogen and oxygen atoms in total. The molecule has 0 radical (unpaired) electrons. The number of thioether (sulfide) groups is 2. The molecule has 1 fully saturated rings. The van der Waals surface area contributed by atoms with Gasteiger partial charge in [-0.1, -0.05) is 18.2 Å².